The summed E-state index contributed by atoms with van der Waals surface area (Å²) in [6.45, 7) is 3.71. The number of aromatic nitrogens is 4. The third-order valence-electron chi connectivity index (χ3n) is 5.41. The van der Waals surface area contributed by atoms with Crippen LogP contribution in [0, 0.1) is 5.92 Å². The minimum Gasteiger partial charge on any atom is -0.354 e. The van der Waals surface area contributed by atoms with E-state index in [-0.39, 0.29) is 47.5 Å². The lowest BCUT2D eigenvalue weighted by atomic mass is 9.83. The monoisotopic (exact) mass is 404 g/mol. The highest BCUT2D eigenvalue weighted by atomic mass is 16.2. The lowest BCUT2D eigenvalue weighted by molar-refractivity contribution is -0.129. The van der Waals surface area contributed by atoms with Gasteiger partial charge in [0.15, 0.2) is 11.2 Å². The molecular weight excluding hydrogens is 376 g/mol. The third-order valence-corrected chi connectivity index (χ3v) is 5.41. The molecule has 1 aliphatic rings. The maximum Gasteiger partial charge on any atom is 0.332 e. The van der Waals surface area contributed by atoms with E-state index in [0.29, 0.717) is 0 Å². The molecule has 2 atom stereocenters. The molecule has 2 aromatic heterocycles. The molecule has 0 spiro atoms. The quantitative estimate of drug-likeness (QED) is 0.705. The van der Waals surface area contributed by atoms with E-state index < -0.39 is 11.2 Å². The molecule has 29 heavy (non-hydrogen) atoms. The van der Waals surface area contributed by atoms with Crippen LogP contribution in [0.2, 0.25) is 0 Å². The molecule has 2 N–H and O–H groups in total. The van der Waals surface area contributed by atoms with Gasteiger partial charge in [0.1, 0.15) is 6.54 Å². The first-order valence-corrected chi connectivity index (χ1v) is 9.91. The van der Waals surface area contributed by atoms with E-state index >= 15 is 0 Å². The number of carbonyl (C=O) groups is 2. The number of hydrogen-bond donors (Lipinski definition) is 2. The van der Waals surface area contributed by atoms with Crippen molar-refractivity contribution in [3.05, 3.63) is 27.2 Å². The molecule has 0 radical (unpaired) electrons. The van der Waals surface area contributed by atoms with Crippen LogP contribution in [-0.4, -0.2) is 42.6 Å². The zero-order valence-electron chi connectivity index (χ0n) is 17.3. The first-order chi connectivity index (χ1) is 13.7. The molecule has 2 amide bonds. The molecule has 3 rings (SSSR count). The fourth-order valence-corrected chi connectivity index (χ4v) is 3.93. The Morgan fingerprint density at radius 3 is 2.55 bits per heavy atom. The van der Waals surface area contributed by atoms with Crippen LogP contribution < -0.4 is 21.9 Å². The summed E-state index contributed by atoms with van der Waals surface area (Å²) in [5.74, 6) is -0.597. The fraction of sp³-hybridized carbons (Fsp3) is 0.632. The molecule has 1 fully saturated rings. The Balaban J connectivity index is 1.79. The van der Waals surface area contributed by atoms with Gasteiger partial charge in [0.25, 0.3) is 5.56 Å². The van der Waals surface area contributed by atoms with E-state index in [0.717, 1.165) is 30.3 Å². The van der Waals surface area contributed by atoms with Crippen LogP contribution in [0.1, 0.15) is 39.5 Å². The third kappa shape index (κ3) is 4.10. The number of imidazole rings is 1. The second-order valence-electron chi connectivity index (χ2n) is 7.98. The summed E-state index contributed by atoms with van der Waals surface area (Å²) in [6.07, 6.45) is 4.77. The van der Waals surface area contributed by atoms with Crippen LogP contribution in [0.4, 0.5) is 0 Å². The zero-order chi connectivity index (χ0) is 21.3. The number of amides is 2. The largest absolute Gasteiger partial charge is 0.354 e. The highest BCUT2D eigenvalue weighted by molar-refractivity contribution is 5.82. The van der Waals surface area contributed by atoms with E-state index in [9.17, 15) is 19.2 Å². The lowest BCUT2D eigenvalue weighted by Crippen LogP contribution is -2.50. The topological polar surface area (TPSA) is 120 Å². The van der Waals surface area contributed by atoms with Crippen molar-refractivity contribution in [3.8, 4) is 0 Å². The predicted octanol–water partition coefficient (Wildman–Crippen LogP) is -0.367. The standard InChI is InChI=1S/C19H28N6O4/c1-11(2)21-17(27)12-7-5-6-8-13(12)22-14(26)9-25-10-20-16-15(25)18(28)24(4)19(29)23(16)3/h10-13H,5-9H2,1-4H3,(H,21,27)(H,22,26). The normalized spacial score (nSPS) is 19.5. The van der Waals surface area contributed by atoms with Crippen molar-refractivity contribution >= 4 is 23.0 Å². The second kappa shape index (κ2) is 8.22. The van der Waals surface area contributed by atoms with Gasteiger partial charge in [-0.25, -0.2) is 9.78 Å². The molecule has 10 nitrogen and oxygen atoms in total. The maximum absolute atomic E-state index is 12.7. The van der Waals surface area contributed by atoms with Gasteiger partial charge in [-0.1, -0.05) is 12.8 Å². The summed E-state index contributed by atoms with van der Waals surface area (Å²) in [4.78, 5) is 53.8. The van der Waals surface area contributed by atoms with Gasteiger partial charge in [-0.15, -0.1) is 0 Å². The Bertz CT molecular complexity index is 1050. The number of nitrogens with one attached hydrogen (secondary N) is 2. The summed E-state index contributed by atoms with van der Waals surface area (Å²) in [5, 5.41) is 5.89. The van der Waals surface area contributed by atoms with Crippen LogP contribution in [0.15, 0.2) is 15.9 Å². The Morgan fingerprint density at radius 2 is 1.86 bits per heavy atom. The number of aryl methyl sites for hydroxylation is 1. The minimum absolute atomic E-state index is 0.0399. The Kier molecular flexibility index (Phi) is 5.90. The van der Waals surface area contributed by atoms with Gasteiger partial charge in [0.2, 0.25) is 11.8 Å². The fourth-order valence-electron chi connectivity index (χ4n) is 3.93. The van der Waals surface area contributed by atoms with E-state index in [1.807, 2.05) is 13.8 Å². The molecule has 10 heteroatoms. The molecule has 0 aromatic carbocycles. The summed E-state index contributed by atoms with van der Waals surface area (Å²) in [5.41, 5.74) is -0.543. The number of rotatable bonds is 5. The smallest absolute Gasteiger partial charge is 0.332 e. The van der Waals surface area contributed by atoms with Crippen molar-refractivity contribution in [2.45, 2.75) is 58.2 Å². The van der Waals surface area contributed by atoms with Crippen molar-refractivity contribution in [2.24, 2.45) is 20.0 Å². The molecule has 2 heterocycles. The van der Waals surface area contributed by atoms with E-state index in [2.05, 4.69) is 15.6 Å². The first kappa shape index (κ1) is 20.8. The van der Waals surface area contributed by atoms with Gasteiger partial charge in [-0.2, -0.15) is 0 Å². The Hall–Kier alpha value is -2.91. The molecule has 158 valence electrons. The average molecular weight is 404 g/mol. The molecule has 2 unspecified atom stereocenters. The van der Waals surface area contributed by atoms with E-state index in [4.69, 9.17) is 0 Å². The second-order valence-corrected chi connectivity index (χ2v) is 7.98. The van der Waals surface area contributed by atoms with Gasteiger partial charge >= 0.3 is 5.69 Å². The Morgan fingerprint density at radius 1 is 1.17 bits per heavy atom. The zero-order valence-corrected chi connectivity index (χ0v) is 17.3. The molecule has 0 saturated heterocycles. The van der Waals surface area contributed by atoms with Crippen LogP contribution in [0.5, 0.6) is 0 Å². The lowest BCUT2D eigenvalue weighted by Gasteiger charge is -2.31. The number of nitrogens with zero attached hydrogens (tertiary/aromatic N) is 4. The number of fused-ring (bicyclic) bond motifs is 1. The van der Waals surface area contributed by atoms with E-state index in [1.54, 1.807) is 0 Å². The SMILES string of the molecule is CC(C)NC(=O)C1CCCCC1NC(=O)Cn1cnc2c1c(=O)n(C)c(=O)n2C. The first-order valence-electron chi connectivity index (χ1n) is 9.91. The molecule has 1 aliphatic carbocycles. The van der Waals surface area contributed by atoms with Gasteiger partial charge in [0.05, 0.1) is 12.2 Å². The summed E-state index contributed by atoms with van der Waals surface area (Å²) < 4.78 is 3.71. The van der Waals surface area contributed by atoms with Gasteiger partial charge in [0, 0.05) is 26.2 Å². The summed E-state index contributed by atoms with van der Waals surface area (Å²) in [7, 11) is 2.92. The average Bonchev–Trinajstić information content (AvgIpc) is 3.08. The van der Waals surface area contributed by atoms with Crippen molar-refractivity contribution in [3.63, 3.8) is 0 Å². The molecule has 0 aliphatic heterocycles. The number of carbonyl (C=O) groups excluding carboxylic acids is 2. The van der Waals surface area contributed by atoms with Crippen molar-refractivity contribution in [1.82, 2.24) is 29.3 Å². The van der Waals surface area contributed by atoms with E-state index in [1.165, 1.54) is 29.6 Å². The molecular formula is C19H28N6O4. The van der Waals surface area contributed by atoms with Gasteiger partial charge < -0.3 is 15.2 Å². The van der Waals surface area contributed by atoms with Crippen LogP contribution in [-0.2, 0) is 30.2 Å². The highest BCUT2D eigenvalue weighted by Gasteiger charge is 2.32. The summed E-state index contributed by atoms with van der Waals surface area (Å²) in [6, 6.07) is -0.196. The van der Waals surface area contributed by atoms with Crippen LogP contribution in [0.25, 0.3) is 11.2 Å². The van der Waals surface area contributed by atoms with Crippen molar-refractivity contribution in [1.29, 1.82) is 0 Å². The highest BCUT2D eigenvalue weighted by Crippen LogP contribution is 2.25. The van der Waals surface area contributed by atoms with Crippen molar-refractivity contribution in [2.75, 3.05) is 0 Å². The number of hydrogen-bond acceptors (Lipinski definition) is 5. The molecule has 1 saturated carbocycles. The van der Waals surface area contributed by atoms with Crippen LogP contribution >= 0.6 is 0 Å². The van der Waals surface area contributed by atoms with Gasteiger partial charge in [-0.05, 0) is 26.7 Å². The van der Waals surface area contributed by atoms with Crippen molar-refractivity contribution < 1.29 is 9.59 Å². The van der Waals surface area contributed by atoms with Crippen LogP contribution in [0.3, 0.4) is 0 Å². The minimum atomic E-state index is -0.500. The maximum atomic E-state index is 12.7. The molecule has 0 bridgehead atoms. The van der Waals surface area contributed by atoms with Gasteiger partial charge in [-0.3, -0.25) is 23.5 Å². The summed E-state index contributed by atoms with van der Waals surface area (Å²) >= 11 is 0. The molecule has 2 aromatic rings. The Labute approximate surface area is 167 Å². The predicted molar refractivity (Wildman–Crippen MR) is 107 cm³/mol.